The smallest absolute Gasteiger partial charge is 0.313 e. The average molecular weight is 316 g/mol. The lowest BCUT2D eigenvalue weighted by Crippen LogP contribution is -2.27. The minimum absolute atomic E-state index is 0.0228. The maximum absolute atomic E-state index is 10.7. The number of thioether (sulfide) groups is 1. The largest absolute Gasteiger partial charge is 0.481 e. The Morgan fingerprint density at radius 3 is 2.57 bits per heavy atom. The SMILES string of the molecule is CC(C)OCCN(C)c1nnc(SCC(=O)O)n1C(C)C. The summed E-state index contributed by atoms with van der Waals surface area (Å²) in [5.41, 5.74) is 0. The van der Waals surface area contributed by atoms with E-state index in [2.05, 4.69) is 10.2 Å². The second kappa shape index (κ2) is 8.23. The van der Waals surface area contributed by atoms with Crippen LogP contribution in [0.5, 0.6) is 0 Å². The van der Waals surface area contributed by atoms with Gasteiger partial charge in [0, 0.05) is 19.6 Å². The predicted molar refractivity (Wildman–Crippen MR) is 83.1 cm³/mol. The number of carboxylic acid groups (broad SMARTS) is 1. The molecule has 120 valence electrons. The van der Waals surface area contributed by atoms with Crippen LogP contribution in [0, 0.1) is 0 Å². The lowest BCUT2D eigenvalue weighted by atomic mass is 10.4. The van der Waals surface area contributed by atoms with Crippen molar-refractivity contribution >= 4 is 23.7 Å². The molecule has 0 unspecified atom stereocenters. The van der Waals surface area contributed by atoms with Crippen LogP contribution in [0.4, 0.5) is 5.95 Å². The minimum Gasteiger partial charge on any atom is -0.481 e. The summed E-state index contributed by atoms with van der Waals surface area (Å²) < 4.78 is 7.49. The van der Waals surface area contributed by atoms with Crippen molar-refractivity contribution < 1.29 is 14.6 Å². The summed E-state index contributed by atoms with van der Waals surface area (Å²) in [6.45, 7) is 9.35. The molecular weight excluding hydrogens is 292 g/mol. The molecule has 1 N–H and O–H groups in total. The van der Waals surface area contributed by atoms with Crippen LogP contribution in [0.15, 0.2) is 5.16 Å². The van der Waals surface area contributed by atoms with Crippen LogP contribution in [-0.2, 0) is 9.53 Å². The number of aliphatic carboxylic acids is 1. The Morgan fingerprint density at radius 1 is 1.38 bits per heavy atom. The Bertz CT molecular complexity index is 462. The lowest BCUT2D eigenvalue weighted by Gasteiger charge is -2.22. The Hall–Kier alpha value is -1.28. The van der Waals surface area contributed by atoms with Gasteiger partial charge in [0.25, 0.3) is 0 Å². The van der Waals surface area contributed by atoms with Crippen molar-refractivity contribution in [3.63, 3.8) is 0 Å². The standard InChI is InChI=1S/C13H24N4O3S/c1-9(2)17-12(16(5)6-7-20-10(3)4)14-15-13(17)21-8-11(18)19/h9-10H,6-8H2,1-5H3,(H,18,19). The van der Waals surface area contributed by atoms with Gasteiger partial charge in [-0.2, -0.15) is 0 Å². The topological polar surface area (TPSA) is 80.5 Å². The zero-order chi connectivity index (χ0) is 16.0. The maximum Gasteiger partial charge on any atom is 0.313 e. The molecular formula is C13H24N4O3S. The van der Waals surface area contributed by atoms with Crippen molar-refractivity contribution in [2.24, 2.45) is 0 Å². The first-order valence-corrected chi connectivity index (χ1v) is 7.93. The number of aromatic nitrogens is 3. The van der Waals surface area contributed by atoms with E-state index in [0.29, 0.717) is 18.3 Å². The molecule has 1 aromatic heterocycles. The molecule has 0 radical (unpaired) electrons. The van der Waals surface area contributed by atoms with Gasteiger partial charge >= 0.3 is 5.97 Å². The Morgan fingerprint density at radius 2 is 2.05 bits per heavy atom. The molecule has 0 amide bonds. The van der Waals surface area contributed by atoms with Gasteiger partial charge in [0.15, 0.2) is 5.16 Å². The van der Waals surface area contributed by atoms with Gasteiger partial charge < -0.3 is 14.7 Å². The molecule has 7 nitrogen and oxygen atoms in total. The van der Waals surface area contributed by atoms with E-state index in [1.165, 1.54) is 11.8 Å². The highest BCUT2D eigenvalue weighted by molar-refractivity contribution is 7.99. The molecule has 0 aliphatic carbocycles. The quantitative estimate of drug-likeness (QED) is 0.697. The summed E-state index contributed by atoms with van der Waals surface area (Å²) in [4.78, 5) is 12.7. The molecule has 8 heteroatoms. The third kappa shape index (κ3) is 5.55. The van der Waals surface area contributed by atoms with Crippen LogP contribution in [0.1, 0.15) is 33.7 Å². The zero-order valence-corrected chi connectivity index (χ0v) is 14.1. The third-order valence-corrected chi connectivity index (χ3v) is 3.63. The monoisotopic (exact) mass is 316 g/mol. The summed E-state index contributed by atoms with van der Waals surface area (Å²) in [7, 11) is 1.93. The number of hydrogen-bond acceptors (Lipinski definition) is 6. The maximum atomic E-state index is 10.7. The van der Waals surface area contributed by atoms with E-state index in [0.717, 1.165) is 5.95 Å². The molecule has 1 heterocycles. The number of carbonyl (C=O) groups is 1. The fraction of sp³-hybridized carbons (Fsp3) is 0.769. The number of nitrogens with zero attached hydrogens (tertiary/aromatic N) is 4. The van der Waals surface area contributed by atoms with E-state index in [9.17, 15) is 4.79 Å². The van der Waals surface area contributed by atoms with E-state index in [1.807, 2.05) is 44.2 Å². The van der Waals surface area contributed by atoms with Crippen molar-refractivity contribution in [3.8, 4) is 0 Å². The molecule has 0 aliphatic heterocycles. The summed E-state index contributed by atoms with van der Waals surface area (Å²) >= 11 is 1.18. The summed E-state index contributed by atoms with van der Waals surface area (Å²) in [6, 6.07) is 0.153. The predicted octanol–water partition coefficient (Wildman–Crippen LogP) is 1.90. The van der Waals surface area contributed by atoms with Gasteiger partial charge in [0.1, 0.15) is 0 Å². The van der Waals surface area contributed by atoms with Crippen molar-refractivity contribution in [2.75, 3.05) is 30.9 Å². The molecule has 0 spiro atoms. The van der Waals surface area contributed by atoms with Gasteiger partial charge in [-0.3, -0.25) is 9.36 Å². The first kappa shape index (κ1) is 17.8. The van der Waals surface area contributed by atoms with Crippen molar-refractivity contribution in [2.45, 2.75) is 45.0 Å². The average Bonchev–Trinajstić information content (AvgIpc) is 2.79. The van der Waals surface area contributed by atoms with E-state index in [-0.39, 0.29) is 17.9 Å². The Kier molecular flexibility index (Phi) is 6.97. The summed E-state index contributed by atoms with van der Waals surface area (Å²) in [6.07, 6.45) is 0.197. The molecule has 0 aliphatic rings. The van der Waals surface area contributed by atoms with E-state index in [1.54, 1.807) is 0 Å². The second-order valence-electron chi connectivity index (χ2n) is 5.27. The van der Waals surface area contributed by atoms with Crippen molar-refractivity contribution in [3.05, 3.63) is 0 Å². The molecule has 0 aromatic carbocycles. The first-order valence-electron chi connectivity index (χ1n) is 6.95. The molecule has 1 aromatic rings. The Labute approximate surface area is 129 Å². The molecule has 0 fully saturated rings. The van der Waals surface area contributed by atoms with Crippen molar-refractivity contribution in [1.82, 2.24) is 14.8 Å². The summed E-state index contributed by atoms with van der Waals surface area (Å²) in [5, 5.41) is 17.7. The molecule has 0 bridgehead atoms. The van der Waals surface area contributed by atoms with E-state index in [4.69, 9.17) is 9.84 Å². The van der Waals surface area contributed by atoms with Crippen LogP contribution in [0.3, 0.4) is 0 Å². The number of ether oxygens (including phenoxy) is 1. The van der Waals surface area contributed by atoms with Gasteiger partial charge in [0.05, 0.1) is 18.5 Å². The molecule has 0 saturated carbocycles. The first-order chi connectivity index (χ1) is 9.82. The Balaban J connectivity index is 2.78. The highest BCUT2D eigenvalue weighted by atomic mass is 32.2. The van der Waals surface area contributed by atoms with Crippen LogP contribution in [0.2, 0.25) is 0 Å². The normalized spacial score (nSPS) is 11.4. The highest BCUT2D eigenvalue weighted by Crippen LogP contribution is 2.25. The van der Waals surface area contributed by atoms with E-state index < -0.39 is 5.97 Å². The van der Waals surface area contributed by atoms with Crippen LogP contribution in [0.25, 0.3) is 0 Å². The molecule has 0 atom stereocenters. The van der Waals surface area contributed by atoms with Gasteiger partial charge in [-0.15, -0.1) is 10.2 Å². The number of anilines is 1. The molecule has 1 rings (SSSR count). The number of carboxylic acids is 1. The second-order valence-corrected chi connectivity index (χ2v) is 6.21. The zero-order valence-electron chi connectivity index (χ0n) is 13.2. The number of hydrogen-bond donors (Lipinski definition) is 1. The minimum atomic E-state index is -0.862. The van der Waals surface area contributed by atoms with Gasteiger partial charge in [0.2, 0.25) is 5.95 Å². The van der Waals surface area contributed by atoms with Gasteiger partial charge in [-0.1, -0.05) is 11.8 Å². The summed E-state index contributed by atoms with van der Waals surface area (Å²) in [5.74, 6) is -0.158. The number of likely N-dealkylation sites (N-methyl/N-ethyl adjacent to an activating group) is 1. The molecule has 0 saturated heterocycles. The van der Waals surface area contributed by atoms with Crippen LogP contribution < -0.4 is 4.90 Å². The fourth-order valence-corrected chi connectivity index (χ4v) is 2.51. The highest BCUT2D eigenvalue weighted by Gasteiger charge is 2.19. The van der Waals surface area contributed by atoms with Crippen LogP contribution >= 0.6 is 11.8 Å². The fourth-order valence-electron chi connectivity index (χ4n) is 1.73. The lowest BCUT2D eigenvalue weighted by molar-refractivity contribution is -0.133. The van der Waals surface area contributed by atoms with E-state index >= 15 is 0 Å². The molecule has 21 heavy (non-hydrogen) atoms. The van der Waals surface area contributed by atoms with Crippen LogP contribution in [-0.4, -0.2) is 57.9 Å². The van der Waals surface area contributed by atoms with Crippen molar-refractivity contribution in [1.29, 1.82) is 0 Å². The number of rotatable bonds is 9. The third-order valence-electron chi connectivity index (χ3n) is 2.71. The van der Waals surface area contributed by atoms with Gasteiger partial charge in [-0.05, 0) is 27.7 Å². The van der Waals surface area contributed by atoms with Gasteiger partial charge in [-0.25, -0.2) is 0 Å².